The molecule has 4 heteroatoms. The van der Waals surface area contributed by atoms with Crippen molar-refractivity contribution in [1.82, 2.24) is 0 Å². The van der Waals surface area contributed by atoms with E-state index in [9.17, 15) is 4.39 Å². The summed E-state index contributed by atoms with van der Waals surface area (Å²) in [4.78, 5) is 0. The zero-order chi connectivity index (χ0) is 14.8. The average molecular weight is 294 g/mol. The number of ether oxygens (including phenoxy) is 1. The fourth-order valence-electron chi connectivity index (χ4n) is 2.15. The molecule has 0 bridgehead atoms. The minimum absolute atomic E-state index is 0.119. The van der Waals surface area contributed by atoms with Gasteiger partial charge >= 0.3 is 0 Å². The Hall–Kier alpha value is -1.58. The smallest absolute Gasteiger partial charge is 0.141 e. The molecule has 0 aliphatic rings. The number of halogens is 2. The van der Waals surface area contributed by atoms with Crippen LogP contribution in [0, 0.1) is 5.82 Å². The van der Waals surface area contributed by atoms with E-state index < -0.39 is 11.4 Å². The molecule has 106 valence electrons. The molecule has 1 unspecified atom stereocenters. The normalized spacial score (nSPS) is 13.8. The molecule has 2 aromatic carbocycles. The Bertz CT molecular complexity index is 596. The summed E-state index contributed by atoms with van der Waals surface area (Å²) in [5.74, 6) is 0.368. The van der Waals surface area contributed by atoms with E-state index >= 15 is 0 Å². The van der Waals surface area contributed by atoms with E-state index in [-0.39, 0.29) is 5.02 Å². The van der Waals surface area contributed by atoms with Gasteiger partial charge in [0.2, 0.25) is 0 Å². The maximum Gasteiger partial charge on any atom is 0.141 e. The Morgan fingerprint density at radius 1 is 1.20 bits per heavy atom. The summed E-state index contributed by atoms with van der Waals surface area (Å²) < 4.78 is 18.3. The van der Waals surface area contributed by atoms with Crippen molar-refractivity contribution in [2.45, 2.75) is 18.9 Å². The summed E-state index contributed by atoms with van der Waals surface area (Å²) in [5.41, 5.74) is 7.70. The van der Waals surface area contributed by atoms with Crippen molar-refractivity contribution in [3.8, 4) is 5.75 Å². The van der Waals surface area contributed by atoms with Gasteiger partial charge in [-0.05, 0) is 48.7 Å². The van der Waals surface area contributed by atoms with E-state index in [0.29, 0.717) is 6.42 Å². The zero-order valence-electron chi connectivity index (χ0n) is 11.5. The Kier molecular flexibility index (Phi) is 4.31. The largest absolute Gasteiger partial charge is 0.497 e. The van der Waals surface area contributed by atoms with Crippen LogP contribution >= 0.6 is 11.6 Å². The second-order valence-electron chi connectivity index (χ2n) is 5.07. The van der Waals surface area contributed by atoms with Crippen molar-refractivity contribution < 1.29 is 9.13 Å². The van der Waals surface area contributed by atoms with E-state index in [1.54, 1.807) is 19.2 Å². The molecule has 0 aliphatic carbocycles. The minimum Gasteiger partial charge on any atom is -0.497 e. The Labute approximate surface area is 123 Å². The first-order valence-corrected chi connectivity index (χ1v) is 6.67. The van der Waals surface area contributed by atoms with Crippen LogP contribution in [0.15, 0.2) is 42.5 Å². The third-order valence-corrected chi connectivity index (χ3v) is 3.59. The first kappa shape index (κ1) is 14.8. The van der Waals surface area contributed by atoms with E-state index in [1.807, 2.05) is 31.2 Å². The molecule has 0 heterocycles. The lowest BCUT2D eigenvalue weighted by atomic mass is 9.86. The lowest BCUT2D eigenvalue weighted by molar-refractivity contribution is 0.413. The second-order valence-corrected chi connectivity index (χ2v) is 5.48. The quantitative estimate of drug-likeness (QED) is 0.928. The number of methoxy groups -OCH3 is 1. The summed E-state index contributed by atoms with van der Waals surface area (Å²) in [6.07, 6.45) is 0.569. The molecule has 0 saturated heterocycles. The summed E-state index contributed by atoms with van der Waals surface area (Å²) >= 11 is 5.80. The summed E-state index contributed by atoms with van der Waals surface area (Å²) in [6.45, 7) is 1.94. The van der Waals surface area contributed by atoms with Crippen LogP contribution in [-0.4, -0.2) is 7.11 Å². The van der Waals surface area contributed by atoms with Crippen molar-refractivity contribution in [2.24, 2.45) is 5.73 Å². The van der Waals surface area contributed by atoms with Gasteiger partial charge in [-0.3, -0.25) is 0 Å². The molecule has 20 heavy (non-hydrogen) atoms. The van der Waals surface area contributed by atoms with Gasteiger partial charge in [-0.15, -0.1) is 0 Å². The minimum atomic E-state index is -0.562. The summed E-state index contributed by atoms with van der Waals surface area (Å²) in [7, 11) is 1.62. The molecule has 0 saturated carbocycles. The molecule has 0 amide bonds. The van der Waals surface area contributed by atoms with Crippen molar-refractivity contribution in [1.29, 1.82) is 0 Å². The average Bonchev–Trinajstić information content (AvgIpc) is 2.43. The van der Waals surface area contributed by atoms with E-state index in [1.165, 1.54) is 6.07 Å². The molecule has 2 rings (SSSR count). The van der Waals surface area contributed by atoms with Crippen molar-refractivity contribution in [3.63, 3.8) is 0 Å². The highest BCUT2D eigenvalue weighted by atomic mass is 35.5. The fraction of sp³-hybridized carbons (Fsp3) is 0.250. The van der Waals surface area contributed by atoms with Gasteiger partial charge in [0.05, 0.1) is 12.1 Å². The van der Waals surface area contributed by atoms with Gasteiger partial charge in [0.25, 0.3) is 0 Å². The van der Waals surface area contributed by atoms with Crippen molar-refractivity contribution in [3.05, 3.63) is 64.4 Å². The second kappa shape index (κ2) is 5.81. The predicted octanol–water partition coefficient (Wildman–Crippen LogP) is 3.90. The van der Waals surface area contributed by atoms with Crippen LogP contribution < -0.4 is 10.5 Å². The van der Waals surface area contributed by atoms with Gasteiger partial charge in [0.1, 0.15) is 11.6 Å². The number of nitrogens with two attached hydrogens (primary N) is 1. The van der Waals surface area contributed by atoms with Crippen molar-refractivity contribution in [2.75, 3.05) is 7.11 Å². The van der Waals surface area contributed by atoms with E-state index in [4.69, 9.17) is 22.1 Å². The first-order chi connectivity index (χ1) is 9.42. The van der Waals surface area contributed by atoms with Gasteiger partial charge in [-0.1, -0.05) is 29.8 Å². The van der Waals surface area contributed by atoms with Gasteiger partial charge in [-0.2, -0.15) is 0 Å². The maximum atomic E-state index is 13.2. The number of hydrogen-bond acceptors (Lipinski definition) is 2. The molecule has 0 spiro atoms. The third-order valence-electron chi connectivity index (χ3n) is 3.30. The van der Waals surface area contributed by atoms with E-state index in [0.717, 1.165) is 16.9 Å². The van der Waals surface area contributed by atoms with Crippen LogP contribution in [0.4, 0.5) is 4.39 Å². The van der Waals surface area contributed by atoms with Crippen LogP contribution in [0.5, 0.6) is 5.75 Å². The van der Waals surface area contributed by atoms with Crippen LogP contribution in [0.1, 0.15) is 18.1 Å². The van der Waals surface area contributed by atoms with Crippen LogP contribution in [0.25, 0.3) is 0 Å². The fourth-order valence-corrected chi connectivity index (χ4v) is 2.35. The molecule has 0 aliphatic heterocycles. The predicted molar refractivity (Wildman–Crippen MR) is 79.6 cm³/mol. The first-order valence-electron chi connectivity index (χ1n) is 6.30. The number of hydrogen-bond donors (Lipinski definition) is 1. The molecular formula is C16H17ClFNO. The molecule has 2 N–H and O–H groups in total. The molecule has 2 aromatic rings. The molecule has 2 nitrogen and oxygen atoms in total. The van der Waals surface area contributed by atoms with Crippen LogP contribution in [0.2, 0.25) is 5.02 Å². The molecular weight excluding hydrogens is 277 g/mol. The Balaban J connectivity index is 2.22. The maximum absolute atomic E-state index is 13.2. The lowest BCUT2D eigenvalue weighted by Crippen LogP contribution is -2.35. The van der Waals surface area contributed by atoms with Gasteiger partial charge in [0.15, 0.2) is 0 Å². The Morgan fingerprint density at radius 2 is 1.85 bits per heavy atom. The lowest BCUT2D eigenvalue weighted by Gasteiger charge is -2.25. The third kappa shape index (κ3) is 3.30. The van der Waals surface area contributed by atoms with Crippen LogP contribution in [-0.2, 0) is 12.0 Å². The highest BCUT2D eigenvalue weighted by Gasteiger charge is 2.22. The number of rotatable bonds is 4. The highest BCUT2D eigenvalue weighted by Crippen LogP contribution is 2.26. The monoisotopic (exact) mass is 293 g/mol. The van der Waals surface area contributed by atoms with Crippen molar-refractivity contribution >= 4 is 11.6 Å². The Morgan fingerprint density at radius 3 is 2.40 bits per heavy atom. The summed E-state index contributed by atoms with van der Waals surface area (Å²) in [5, 5.41) is 0.119. The standard InChI is InChI=1S/C16H17ClFNO/c1-16(19,12-4-6-13(20-2)7-5-12)10-11-3-8-15(18)14(17)9-11/h3-9H,10,19H2,1-2H3. The molecule has 0 fully saturated rings. The SMILES string of the molecule is COc1ccc(C(C)(N)Cc2ccc(F)c(Cl)c2)cc1. The zero-order valence-corrected chi connectivity index (χ0v) is 12.2. The molecule has 0 radical (unpaired) electrons. The molecule has 1 atom stereocenters. The van der Waals surface area contributed by atoms with Gasteiger partial charge in [-0.25, -0.2) is 4.39 Å². The topological polar surface area (TPSA) is 35.2 Å². The molecule has 0 aromatic heterocycles. The van der Waals surface area contributed by atoms with Gasteiger partial charge < -0.3 is 10.5 Å². The van der Waals surface area contributed by atoms with E-state index in [2.05, 4.69) is 0 Å². The van der Waals surface area contributed by atoms with Gasteiger partial charge in [0, 0.05) is 5.54 Å². The highest BCUT2D eigenvalue weighted by molar-refractivity contribution is 6.30. The van der Waals surface area contributed by atoms with Crippen LogP contribution in [0.3, 0.4) is 0 Å². The summed E-state index contributed by atoms with van der Waals surface area (Å²) in [6, 6.07) is 12.3. The number of benzene rings is 2.